The minimum atomic E-state index is -0.667. The predicted molar refractivity (Wildman–Crippen MR) is 301 cm³/mol. The van der Waals surface area contributed by atoms with Crippen LogP contribution in [0.15, 0.2) is 24.3 Å². The molecule has 0 aliphatic rings. The maximum absolute atomic E-state index is 12.5. The topological polar surface area (TPSA) is 95.9 Å². The first-order chi connectivity index (χ1) is 34.0. The highest BCUT2D eigenvalue weighted by Gasteiger charge is 2.20. The molecule has 0 aliphatic heterocycles. The standard InChI is InChI=1S/C63H121NO5/c1-3-5-7-9-11-13-15-17-32-35-39-43-47-51-55-61(66)60(59-65)64-62(67)56-52-48-44-40-36-33-29-27-25-23-21-19-18-20-22-24-26-28-30-34-38-42-46-50-54-58-69-63(68)57-53-49-45-41-37-31-16-14-12-10-8-6-4-2/h19-22,60-61,65-66H,3-18,23-59H2,1-2H3,(H,64,67)/b21-19-,22-20-. The highest BCUT2D eigenvalue weighted by atomic mass is 16.5. The first-order valence-corrected chi connectivity index (χ1v) is 31.1. The van der Waals surface area contributed by atoms with Gasteiger partial charge in [0.2, 0.25) is 5.91 Å². The van der Waals surface area contributed by atoms with Gasteiger partial charge >= 0.3 is 5.97 Å². The molecule has 0 rings (SSSR count). The molecule has 1 amide bonds. The lowest BCUT2D eigenvalue weighted by Crippen LogP contribution is -2.45. The van der Waals surface area contributed by atoms with Crippen molar-refractivity contribution in [3.05, 3.63) is 24.3 Å². The number of ether oxygens (including phenoxy) is 1. The number of esters is 1. The second-order valence-corrected chi connectivity index (χ2v) is 21.4. The van der Waals surface area contributed by atoms with Crippen molar-refractivity contribution in [1.29, 1.82) is 0 Å². The molecule has 69 heavy (non-hydrogen) atoms. The molecule has 2 atom stereocenters. The Balaban J connectivity index is 3.42. The number of carbonyl (C=O) groups excluding carboxylic acids is 2. The van der Waals surface area contributed by atoms with E-state index in [1.165, 1.54) is 263 Å². The van der Waals surface area contributed by atoms with Gasteiger partial charge in [0, 0.05) is 12.8 Å². The summed E-state index contributed by atoms with van der Waals surface area (Å²) in [6.07, 6.45) is 71.9. The van der Waals surface area contributed by atoms with E-state index in [1.807, 2.05) is 0 Å². The van der Waals surface area contributed by atoms with Gasteiger partial charge in [0.15, 0.2) is 0 Å². The van der Waals surface area contributed by atoms with Gasteiger partial charge in [-0.3, -0.25) is 9.59 Å². The largest absolute Gasteiger partial charge is 0.466 e. The summed E-state index contributed by atoms with van der Waals surface area (Å²) in [4.78, 5) is 24.5. The highest BCUT2D eigenvalue weighted by molar-refractivity contribution is 5.76. The molecule has 0 saturated carbocycles. The van der Waals surface area contributed by atoms with E-state index in [0.29, 0.717) is 25.9 Å². The van der Waals surface area contributed by atoms with E-state index in [2.05, 4.69) is 43.5 Å². The van der Waals surface area contributed by atoms with Gasteiger partial charge in [0.25, 0.3) is 0 Å². The van der Waals surface area contributed by atoms with Gasteiger partial charge in [0.05, 0.1) is 25.4 Å². The fraction of sp³-hybridized carbons (Fsp3) is 0.905. The molecule has 0 aromatic rings. The summed E-state index contributed by atoms with van der Waals surface area (Å²) in [5.74, 6) is -0.0288. The van der Waals surface area contributed by atoms with E-state index in [0.717, 1.165) is 44.9 Å². The molecule has 6 nitrogen and oxygen atoms in total. The Kier molecular flexibility index (Phi) is 57.5. The van der Waals surface area contributed by atoms with Crippen LogP contribution in [-0.2, 0) is 14.3 Å². The zero-order valence-electron chi connectivity index (χ0n) is 46.6. The van der Waals surface area contributed by atoms with Crippen molar-refractivity contribution in [2.45, 2.75) is 353 Å². The SMILES string of the molecule is CCCCCCCCCCCCCCCCC(O)C(CO)NC(=O)CCCCCCCCCCC/C=C\C/C=C\CCCCCCCCCCCOC(=O)CCCCCCCCCCCCCCC. The molecule has 0 aromatic heterocycles. The molecule has 2 unspecified atom stereocenters. The van der Waals surface area contributed by atoms with E-state index in [4.69, 9.17) is 4.74 Å². The predicted octanol–water partition coefficient (Wildman–Crippen LogP) is 19.4. The summed E-state index contributed by atoms with van der Waals surface area (Å²) in [7, 11) is 0. The number of aliphatic hydroxyl groups excluding tert-OH is 2. The molecule has 3 N–H and O–H groups in total. The van der Waals surface area contributed by atoms with Crippen LogP contribution in [0.25, 0.3) is 0 Å². The monoisotopic (exact) mass is 972 g/mol. The summed E-state index contributed by atoms with van der Waals surface area (Å²) in [5.41, 5.74) is 0. The minimum absolute atomic E-state index is 0.0108. The van der Waals surface area contributed by atoms with Crippen LogP contribution >= 0.6 is 0 Å². The number of rotatable bonds is 58. The third-order valence-electron chi connectivity index (χ3n) is 14.5. The van der Waals surface area contributed by atoms with E-state index >= 15 is 0 Å². The van der Waals surface area contributed by atoms with Crippen molar-refractivity contribution in [2.75, 3.05) is 13.2 Å². The molecule has 0 bridgehead atoms. The van der Waals surface area contributed by atoms with Crippen LogP contribution in [0.2, 0.25) is 0 Å². The molecule has 0 fully saturated rings. The Bertz CT molecular complexity index is 1080. The fourth-order valence-corrected chi connectivity index (χ4v) is 9.73. The average molecular weight is 973 g/mol. The number of hydrogen-bond acceptors (Lipinski definition) is 5. The molecule has 6 heteroatoms. The maximum atomic E-state index is 12.5. The Labute approximate surface area is 431 Å². The number of hydrogen-bond donors (Lipinski definition) is 3. The van der Waals surface area contributed by atoms with Crippen LogP contribution in [0.1, 0.15) is 341 Å². The van der Waals surface area contributed by atoms with Crippen molar-refractivity contribution in [1.82, 2.24) is 5.32 Å². The molecule has 0 radical (unpaired) electrons. The maximum Gasteiger partial charge on any atom is 0.305 e. The lowest BCUT2D eigenvalue weighted by molar-refractivity contribution is -0.143. The van der Waals surface area contributed by atoms with Gasteiger partial charge in [-0.25, -0.2) is 0 Å². The quantitative estimate of drug-likeness (QED) is 0.0321. The zero-order chi connectivity index (χ0) is 50.0. The normalized spacial score (nSPS) is 12.7. The van der Waals surface area contributed by atoms with Gasteiger partial charge in [-0.2, -0.15) is 0 Å². The molecule has 408 valence electrons. The van der Waals surface area contributed by atoms with Gasteiger partial charge in [-0.15, -0.1) is 0 Å². The van der Waals surface area contributed by atoms with Crippen molar-refractivity contribution >= 4 is 11.9 Å². The van der Waals surface area contributed by atoms with Gasteiger partial charge in [-0.1, -0.05) is 295 Å². The second-order valence-electron chi connectivity index (χ2n) is 21.4. The first-order valence-electron chi connectivity index (χ1n) is 31.1. The Hall–Kier alpha value is -1.66. The molecule has 0 saturated heterocycles. The van der Waals surface area contributed by atoms with E-state index < -0.39 is 12.1 Å². The molecular weight excluding hydrogens is 851 g/mol. The number of allylic oxidation sites excluding steroid dienone is 4. The van der Waals surface area contributed by atoms with Crippen molar-refractivity contribution in [3.8, 4) is 0 Å². The molecule has 0 aliphatic carbocycles. The van der Waals surface area contributed by atoms with Crippen LogP contribution < -0.4 is 5.32 Å². The fourth-order valence-electron chi connectivity index (χ4n) is 9.73. The Morgan fingerprint density at radius 3 is 1.10 bits per heavy atom. The van der Waals surface area contributed by atoms with E-state index in [9.17, 15) is 19.8 Å². The Morgan fingerprint density at radius 1 is 0.406 bits per heavy atom. The number of carbonyl (C=O) groups is 2. The van der Waals surface area contributed by atoms with Crippen LogP contribution in [0.4, 0.5) is 0 Å². The third-order valence-corrected chi connectivity index (χ3v) is 14.5. The lowest BCUT2D eigenvalue weighted by atomic mass is 10.0. The molecule has 0 spiro atoms. The van der Waals surface area contributed by atoms with Crippen LogP contribution in [0, 0.1) is 0 Å². The van der Waals surface area contributed by atoms with Gasteiger partial charge in [0.1, 0.15) is 0 Å². The van der Waals surface area contributed by atoms with Crippen molar-refractivity contribution in [2.24, 2.45) is 0 Å². The summed E-state index contributed by atoms with van der Waals surface area (Å²) in [5, 5.41) is 23.3. The molecule has 0 heterocycles. The van der Waals surface area contributed by atoms with E-state index in [1.54, 1.807) is 0 Å². The highest BCUT2D eigenvalue weighted by Crippen LogP contribution is 2.17. The van der Waals surface area contributed by atoms with Crippen LogP contribution in [-0.4, -0.2) is 47.4 Å². The van der Waals surface area contributed by atoms with E-state index in [-0.39, 0.29) is 18.5 Å². The second kappa shape index (κ2) is 58.9. The summed E-state index contributed by atoms with van der Waals surface area (Å²) >= 11 is 0. The third kappa shape index (κ3) is 55.5. The van der Waals surface area contributed by atoms with Crippen LogP contribution in [0.3, 0.4) is 0 Å². The smallest absolute Gasteiger partial charge is 0.305 e. The average Bonchev–Trinajstić information content (AvgIpc) is 3.35. The summed E-state index contributed by atoms with van der Waals surface area (Å²) < 4.78 is 5.48. The first kappa shape index (κ1) is 67.3. The summed E-state index contributed by atoms with van der Waals surface area (Å²) in [6.45, 7) is 4.96. The lowest BCUT2D eigenvalue weighted by Gasteiger charge is -2.22. The minimum Gasteiger partial charge on any atom is -0.466 e. The van der Waals surface area contributed by atoms with Crippen LogP contribution in [0.5, 0.6) is 0 Å². The summed E-state index contributed by atoms with van der Waals surface area (Å²) in [6, 6.07) is -0.545. The Morgan fingerprint density at radius 2 is 0.725 bits per heavy atom. The number of nitrogens with one attached hydrogen (secondary N) is 1. The number of unbranched alkanes of at least 4 members (excludes halogenated alkanes) is 43. The number of aliphatic hydroxyl groups is 2. The zero-order valence-corrected chi connectivity index (χ0v) is 46.6. The molecular formula is C63H121NO5. The van der Waals surface area contributed by atoms with Gasteiger partial charge in [-0.05, 0) is 57.8 Å². The number of amides is 1. The van der Waals surface area contributed by atoms with Crippen molar-refractivity contribution < 1.29 is 24.5 Å². The van der Waals surface area contributed by atoms with Gasteiger partial charge < -0.3 is 20.3 Å². The molecule has 0 aromatic carbocycles. The van der Waals surface area contributed by atoms with Crippen molar-refractivity contribution in [3.63, 3.8) is 0 Å².